The lowest BCUT2D eigenvalue weighted by Gasteiger charge is -2.32. The molecule has 0 bridgehead atoms. The second-order valence-corrected chi connectivity index (χ2v) is 12.9. The lowest BCUT2D eigenvalue weighted by molar-refractivity contribution is -0.176. The van der Waals surface area contributed by atoms with Crippen molar-refractivity contribution in [2.24, 2.45) is 0 Å². The van der Waals surface area contributed by atoms with Gasteiger partial charge in [0.15, 0.2) is 6.10 Å². The molecular formula is C19H26F2N2O6Si. The molecule has 11 heteroatoms. The number of rotatable bonds is 4. The van der Waals surface area contributed by atoms with E-state index in [0.29, 0.717) is 10.5 Å². The van der Waals surface area contributed by atoms with E-state index in [1.165, 1.54) is 13.1 Å². The molecule has 2 rings (SSSR count). The molecule has 30 heavy (non-hydrogen) atoms. The molecule has 1 saturated heterocycles. The van der Waals surface area contributed by atoms with Crippen LogP contribution in [0.4, 0.5) is 13.6 Å². The third-order valence-electron chi connectivity index (χ3n) is 4.21. The van der Waals surface area contributed by atoms with Crippen molar-refractivity contribution in [3.05, 3.63) is 11.8 Å². The van der Waals surface area contributed by atoms with E-state index in [1.54, 1.807) is 0 Å². The van der Waals surface area contributed by atoms with Gasteiger partial charge in [-0.05, 0) is 6.92 Å². The first-order valence-corrected chi connectivity index (χ1v) is 12.9. The Morgan fingerprint density at radius 2 is 1.97 bits per heavy atom. The van der Waals surface area contributed by atoms with Crippen molar-refractivity contribution >= 4 is 26.0 Å². The van der Waals surface area contributed by atoms with E-state index in [0.717, 1.165) is 13.8 Å². The molecule has 0 aromatic heterocycles. The number of nitrogens with zero attached hydrogens (tertiary/aromatic N) is 1. The number of amides is 2. The van der Waals surface area contributed by atoms with E-state index in [9.17, 15) is 14.4 Å². The van der Waals surface area contributed by atoms with Crippen LogP contribution in [-0.4, -0.2) is 68.0 Å². The fourth-order valence-corrected chi connectivity index (χ4v) is 3.52. The van der Waals surface area contributed by atoms with Gasteiger partial charge in [-0.1, -0.05) is 25.6 Å². The second kappa shape index (κ2) is 8.73. The van der Waals surface area contributed by atoms with Gasteiger partial charge in [0.05, 0.1) is 6.54 Å². The molecule has 4 unspecified atom stereocenters. The minimum absolute atomic E-state index is 0.103. The molecule has 2 aliphatic heterocycles. The average Bonchev–Trinajstić information content (AvgIpc) is 2.83. The standard InChI is InChI=1S/C19H26F2N2O6Si/c1-11(27-12(2)24)15-16(28-13(3)25)19(20,21)17(29-15)23-10-14(9-22-18(23)26)7-8-30(4,5)6/h10-11,15-17H,9H2,1-6H3,(H,22,26). The molecule has 4 atom stereocenters. The summed E-state index contributed by atoms with van der Waals surface area (Å²) in [4.78, 5) is 35.7. The summed E-state index contributed by atoms with van der Waals surface area (Å²) in [7, 11) is -1.73. The van der Waals surface area contributed by atoms with Crippen LogP contribution in [0.2, 0.25) is 19.6 Å². The summed E-state index contributed by atoms with van der Waals surface area (Å²) in [5, 5.41) is 2.49. The molecule has 2 heterocycles. The molecule has 166 valence electrons. The van der Waals surface area contributed by atoms with Gasteiger partial charge >= 0.3 is 23.9 Å². The molecule has 0 radical (unpaired) electrons. The molecule has 0 aromatic carbocycles. The number of hydrogen-bond donors (Lipinski definition) is 1. The zero-order chi connectivity index (χ0) is 22.9. The number of hydrogen-bond acceptors (Lipinski definition) is 6. The number of carbonyl (C=O) groups excluding carboxylic acids is 3. The smallest absolute Gasteiger partial charge is 0.331 e. The maximum Gasteiger partial charge on any atom is 0.331 e. The molecule has 0 spiro atoms. The first-order valence-electron chi connectivity index (χ1n) is 9.40. The Hall–Kier alpha value is -2.45. The summed E-state index contributed by atoms with van der Waals surface area (Å²) >= 11 is 0. The Balaban J connectivity index is 2.40. The van der Waals surface area contributed by atoms with Crippen molar-refractivity contribution in [2.45, 2.75) is 70.9 Å². The maximum absolute atomic E-state index is 15.2. The van der Waals surface area contributed by atoms with Crippen molar-refractivity contribution in [2.75, 3.05) is 6.54 Å². The average molecular weight is 445 g/mol. The summed E-state index contributed by atoms with van der Waals surface area (Å²) < 4.78 is 45.6. The highest BCUT2D eigenvalue weighted by atomic mass is 28.3. The van der Waals surface area contributed by atoms with Crippen LogP contribution in [-0.2, 0) is 23.8 Å². The largest absolute Gasteiger partial charge is 0.460 e. The van der Waals surface area contributed by atoms with Crippen LogP contribution in [0.5, 0.6) is 0 Å². The van der Waals surface area contributed by atoms with Crippen molar-refractivity contribution < 1.29 is 37.4 Å². The van der Waals surface area contributed by atoms with Gasteiger partial charge in [-0.15, -0.1) is 5.54 Å². The van der Waals surface area contributed by atoms with Crippen LogP contribution in [0, 0.1) is 11.5 Å². The van der Waals surface area contributed by atoms with Gasteiger partial charge in [0.1, 0.15) is 20.3 Å². The zero-order valence-electron chi connectivity index (χ0n) is 17.7. The first kappa shape index (κ1) is 23.8. The van der Waals surface area contributed by atoms with Crippen molar-refractivity contribution in [3.8, 4) is 11.5 Å². The molecule has 0 saturated carbocycles. The predicted molar refractivity (Wildman–Crippen MR) is 105 cm³/mol. The molecule has 0 aromatic rings. The van der Waals surface area contributed by atoms with E-state index in [4.69, 9.17) is 14.2 Å². The summed E-state index contributed by atoms with van der Waals surface area (Å²) in [6, 6.07) is -0.805. The fraction of sp³-hybridized carbons (Fsp3) is 0.632. The number of alkyl halides is 2. The van der Waals surface area contributed by atoms with Crippen LogP contribution in [0.25, 0.3) is 0 Å². The quantitative estimate of drug-likeness (QED) is 0.405. The van der Waals surface area contributed by atoms with E-state index in [1.807, 2.05) is 19.6 Å². The number of carbonyl (C=O) groups is 3. The summed E-state index contributed by atoms with van der Waals surface area (Å²) in [5.41, 5.74) is 3.55. The molecule has 2 amide bonds. The third kappa shape index (κ3) is 5.57. The van der Waals surface area contributed by atoms with Gasteiger partial charge in [0, 0.05) is 25.6 Å². The van der Waals surface area contributed by atoms with Crippen LogP contribution in [0.1, 0.15) is 20.8 Å². The minimum atomic E-state index is -3.77. The van der Waals surface area contributed by atoms with Gasteiger partial charge in [-0.3, -0.25) is 14.5 Å². The van der Waals surface area contributed by atoms with Crippen LogP contribution < -0.4 is 5.32 Å². The molecular weight excluding hydrogens is 418 g/mol. The highest BCUT2D eigenvalue weighted by molar-refractivity contribution is 6.83. The lowest BCUT2D eigenvalue weighted by atomic mass is 10.0. The van der Waals surface area contributed by atoms with Crippen molar-refractivity contribution in [1.82, 2.24) is 10.2 Å². The number of esters is 2. The lowest BCUT2D eigenvalue weighted by Crippen LogP contribution is -2.54. The third-order valence-corrected chi connectivity index (χ3v) is 5.09. The van der Waals surface area contributed by atoms with Crippen LogP contribution >= 0.6 is 0 Å². The van der Waals surface area contributed by atoms with Gasteiger partial charge in [0.25, 0.3) is 0 Å². The van der Waals surface area contributed by atoms with E-state index < -0.39 is 56.5 Å². The van der Waals surface area contributed by atoms with Crippen molar-refractivity contribution in [1.29, 1.82) is 0 Å². The Bertz CT molecular complexity index is 814. The fourth-order valence-electron chi connectivity index (χ4n) is 2.98. The molecule has 1 fully saturated rings. The summed E-state index contributed by atoms with van der Waals surface area (Å²) in [6.45, 7) is 9.63. The normalized spacial score (nSPS) is 26.7. The van der Waals surface area contributed by atoms with Gasteiger partial charge < -0.3 is 19.5 Å². The molecule has 8 nitrogen and oxygen atoms in total. The Kier molecular flexibility index (Phi) is 6.93. The molecule has 2 aliphatic rings. The van der Waals surface area contributed by atoms with Gasteiger partial charge in [0.2, 0.25) is 6.23 Å². The highest BCUT2D eigenvalue weighted by Gasteiger charge is 2.65. The number of urea groups is 1. The Morgan fingerprint density at radius 3 is 2.50 bits per heavy atom. The highest BCUT2D eigenvalue weighted by Crippen LogP contribution is 2.42. The van der Waals surface area contributed by atoms with Gasteiger partial charge in [-0.25, -0.2) is 4.79 Å². The van der Waals surface area contributed by atoms with E-state index in [2.05, 4.69) is 16.8 Å². The topological polar surface area (TPSA) is 94.2 Å². The monoisotopic (exact) mass is 444 g/mol. The van der Waals surface area contributed by atoms with Crippen molar-refractivity contribution in [3.63, 3.8) is 0 Å². The molecule has 0 aliphatic carbocycles. The van der Waals surface area contributed by atoms with Crippen LogP contribution in [0.3, 0.4) is 0 Å². The number of nitrogens with one attached hydrogen (secondary N) is 1. The zero-order valence-corrected chi connectivity index (χ0v) is 18.7. The Labute approximate surface area is 174 Å². The van der Waals surface area contributed by atoms with Gasteiger partial charge in [-0.2, -0.15) is 8.78 Å². The van der Waals surface area contributed by atoms with E-state index in [-0.39, 0.29) is 6.54 Å². The van der Waals surface area contributed by atoms with E-state index >= 15 is 8.78 Å². The number of halogens is 2. The maximum atomic E-state index is 15.2. The SMILES string of the molecule is CC(=O)OC(C)C1OC(N2C=C(C#C[Si](C)(C)C)CNC2=O)C(F)(F)C1OC(C)=O. The number of ether oxygens (including phenoxy) is 3. The Morgan fingerprint density at radius 1 is 1.33 bits per heavy atom. The van der Waals surface area contributed by atoms with Crippen LogP contribution in [0.15, 0.2) is 11.8 Å². The summed E-state index contributed by atoms with van der Waals surface area (Å²) in [5.74, 6) is -2.51. The molecule has 1 N–H and O–H groups in total. The second-order valence-electron chi connectivity index (χ2n) is 8.19. The predicted octanol–water partition coefficient (Wildman–Crippen LogP) is 2.02. The minimum Gasteiger partial charge on any atom is -0.460 e. The summed E-state index contributed by atoms with van der Waals surface area (Å²) in [6.07, 6.45) is -5.53. The first-order chi connectivity index (χ1) is 13.7.